The zero-order valence-corrected chi connectivity index (χ0v) is 16.4. The fourth-order valence-electron chi connectivity index (χ4n) is 4.19. The van der Waals surface area contributed by atoms with E-state index in [0.29, 0.717) is 25.2 Å². The van der Waals surface area contributed by atoms with E-state index in [0.717, 1.165) is 22.1 Å². The van der Waals surface area contributed by atoms with E-state index >= 15 is 0 Å². The highest BCUT2D eigenvalue weighted by atomic mass is 19.3. The van der Waals surface area contributed by atoms with Crippen molar-refractivity contribution in [1.82, 2.24) is 19.7 Å². The summed E-state index contributed by atoms with van der Waals surface area (Å²) in [5.74, 6) is -3.36. The van der Waals surface area contributed by atoms with Crippen LogP contribution < -0.4 is 5.73 Å². The largest absolute Gasteiger partial charge is 0.366 e. The van der Waals surface area contributed by atoms with E-state index in [1.54, 1.807) is 16.9 Å². The molecule has 0 bridgehead atoms. The number of ether oxygens (including phenoxy) is 1. The Morgan fingerprint density at radius 1 is 1.33 bits per heavy atom. The molecule has 1 aromatic carbocycles. The standard InChI is InChI=1S/C21H21F2N5O2/c1-27-10-14(8-25-27)16-7-18(19(24)29)26-17-6-13(2-3-15(16)17)9-28-4-5-30-20(12-28)11-21(20,22)23/h2-3,6-8,10H,4-5,9,11-12H2,1H3,(H2,24,29). The lowest BCUT2D eigenvalue weighted by Gasteiger charge is -2.33. The Kier molecular flexibility index (Phi) is 4.16. The third kappa shape index (κ3) is 3.14. The average molecular weight is 413 g/mol. The molecule has 1 atom stereocenters. The third-order valence-corrected chi connectivity index (χ3v) is 5.86. The fraction of sp³-hybridized carbons (Fsp3) is 0.381. The summed E-state index contributed by atoms with van der Waals surface area (Å²) in [6.45, 7) is 1.58. The van der Waals surface area contributed by atoms with Gasteiger partial charge in [0, 0.05) is 43.8 Å². The second-order valence-electron chi connectivity index (χ2n) is 8.11. The smallest absolute Gasteiger partial charge is 0.280 e. The number of aryl methyl sites for hydroxylation is 1. The maximum atomic E-state index is 13.7. The molecule has 1 aliphatic carbocycles. The molecule has 2 N–H and O–H groups in total. The number of alkyl halides is 2. The van der Waals surface area contributed by atoms with Crippen LogP contribution in [0.3, 0.4) is 0 Å². The first kappa shape index (κ1) is 19.1. The Hall–Kier alpha value is -2.91. The van der Waals surface area contributed by atoms with Gasteiger partial charge in [0.25, 0.3) is 11.8 Å². The number of carbonyl (C=O) groups is 1. The van der Waals surface area contributed by atoms with E-state index in [2.05, 4.69) is 10.1 Å². The summed E-state index contributed by atoms with van der Waals surface area (Å²) >= 11 is 0. The lowest BCUT2D eigenvalue weighted by molar-refractivity contribution is -0.106. The number of morpholine rings is 1. The lowest BCUT2D eigenvalue weighted by Crippen LogP contribution is -2.46. The van der Waals surface area contributed by atoms with Gasteiger partial charge in [-0.1, -0.05) is 12.1 Å². The highest BCUT2D eigenvalue weighted by Crippen LogP contribution is 2.56. The first-order chi connectivity index (χ1) is 14.3. The number of rotatable bonds is 4. The summed E-state index contributed by atoms with van der Waals surface area (Å²) in [5, 5.41) is 5.07. The molecule has 30 heavy (non-hydrogen) atoms. The highest BCUT2D eigenvalue weighted by molar-refractivity contribution is 6.00. The van der Waals surface area contributed by atoms with Crippen LogP contribution >= 0.6 is 0 Å². The van der Waals surface area contributed by atoms with Gasteiger partial charge in [0.15, 0.2) is 0 Å². The van der Waals surface area contributed by atoms with Gasteiger partial charge < -0.3 is 10.5 Å². The van der Waals surface area contributed by atoms with Crippen LogP contribution in [0, 0.1) is 0 Å². The van der Waals surface area contributed by atoms with E-state index in [1.807, 2.05) is 36.3 Å². The van der Waals surface area contributed by atoms with Gasteiger partial charge in [0.2, 0.25) is 0 Å². The number of nitrogens with zero attached hydrogens (tertiary/aromatic N) is 4. The summed E-state index contributed by atoms with van der Waals surface area (Å²) in [4.78, 5) is 18.2. The minimum absolute atomic E-state index is 0.168. The predicted octanol–water partition coefficient (Wildman–Crippen LogP) is 2.34. The molecule has 1 saturated carbocycles. The number of nitrogens with two attached hydrogens (primary N) is 1. The number of carbonyl (C=O) groups excluding carboxylic acids is 1. The van der Waals surface area contributed by atoms with Gasteiger partial charge in [0.05, 0.1) is 24.7 Å². The van der Waals surface area contributed by atoms with Crippen molar-refractivity contribution >= 4 is 16.8 Å². The van der Waals surface area contributed by atoms with Gasteiger partial charge in [0.1, 0.15) is 11.3 Å². The van der Waals surface area contributed by atoms with E-state index < -0.39 is 17.4 Å². The van der Waals surface area contributed by atoms with E-state index in [4.69, 9.17) is 10.5 Å². The topological polar surface area (TPSA) is 86.3 Å². The Morgan fingerprint density at radius 2 is 2.13 bits per heavy atom. The number of benzene rings is 1. The first-order valence-electron chi connectivity index (χ1n) is 9.73. The van der Waals surface area contributed by atoms with Crippen LogP contribution in [0.5, 0.6) is 0 Å². The maximum Gasteiger partial charge on any atom is 0.280 e. The Morgan fingerprint density at radius 3 is 2.80 bits per heavy atom. The molecule has 156 valence electrons. The molecule has 3 heterocycles. The van der Waals surface area contributed by atoms with Crippen molar-refractivity contribution in [3.05, 3.63) is 47.9 Å². The number of pyridine rings is 1. The van der Waals surface area contributed by atoms with Crippen LogP contribution in [0.1, 0.15) is 22.5 Å². The molecule has 1 aliphatic heterocycles. The monoisotopic (exact) mass is 413 g/mol. The maximum absolute atomic E-state index is 13.7. The van der Waals surface area contributed by atoms with Crippen LogP contribution in [0.2, 0.25) is 0 Å². The number of halogens is 2. The molecule has 2 fully saturated rings. The molecule has 0 radical (unpaired) electrons. The number of primary amides is 1. The Labute approximate surface area is 171 Å². The summed E-state index contributed by atoms with van der Waals surface area (Å²) in [6, 6.07) is 7.45. The van der Waals surface area contributed by atoms with E-state index in [-0.39, 0.29) is 18.7 Å². The van der Waals surface area contributed by atoms with Crippen molar-refractivity contribution in [3.8, 4) is 11.1 Å². The Bertz CT molecular complexity index is 1160. The summed E-state index contributed by atoms with van der Waals surface area (Å²) in [6.07, 6.45) is 3.36. The van der Waals surface area contributed by atoms with E-state index in [1.165, 1.54) is 0 Å². The molecule has 5 rings (SSSR count). The van der Waals surface area contributed by atoms with Crippen molar-refractivity contribution in [3.63, 3.8) is 0 Å². The van der Waals surface area contributed by atoms with Crippen LogP contribution in [0.4, 0.5) is 8.78 Å². The minimum atomic E-state index is -2.74. The van der Waals surface area contributed by atoms with Gasteiger partial charge >= 0.3 is 0 Å². The summed E-state index contributed by atoms with van der Waals surface area (Å²) in [7, 11) is 1.82. The second kappa shape index (κ2) is 6.55. The van der Waals surface area contributed by atoms with Gasteiger partial charge in [-0.05, 0) is 23.3 Å². The number of hydrogen-bond acceptors (Lipinski definition) is 5. The van der Waals surface area contributed by atoms with Crippen LogP contribution in [-0.4, -0.2) is 56.8 Å². The average Bonchev–Trinajstić information content (AvgIpc) is 3.00. The summed E-state index contributed by atoms with van der Waals surface area (Å²) < 4.78 is 34.5. The quantitative estimate of drug-likeness (QED) is 0.710. The van der Waals surface area contributed by atoms with Crippen molar-refractivity contribution < 1.29 is 18.3 Å². The number of fused-ring (bicyclic) bond motifs is 1. The minimum Gasteiger partial charge on any atom is -0.366 e. The molecule has 2 aromatic heterocycles. The normalized spacial score (nSPS) is 23.2. The Balaban J connectivity index is 1.48. The van der Waals surface area contributed by atoms with E-state index in [9.17, 15) is 13.6 Å². The van der Waals surface area contributed by atoms with Crippen molar-refractivity contribution in [2.75, 3.05) is 19.7 Å². The number of amides is 1. The molecule has 2 aliphatic rings. The van der Waals surface area contributed by atoms with Gasteiger partial charge in [-0.25, -0.2) is 13.8 Å². The molecular weight excluding hydrogens is 392 g/mol. The van der Waals surface area contributed by atoms with Gasteiger partial charge in [-0.15, -0.1) is 0 Å². The summed E-state index contributed by atoms with van der Waals surface area (Å²) in [5.41, 5.74) is 7.55. The molecule has 1 unspecified atom stereocenters. The number of aromatic nitrogens is 3. The zero-order valence-electron chi connectivity index (χ0n) is 16.4. The fourth-order valence-corrected chi connectivity index (χ4v) is 4.19. The number of hydrogen-bond donors (Lipinski definition) is 1. The molecule has 1 spiro atoms. The predicted molar refractivity (Wildman–Crippen MR) is 106 cm³/mol. The lowest BCUT2D eigenvalue weighted by atomic mass is 10.0. The van der Waals surface area contributed by atoms with Crippen molar-refractivity contribution in [1.29, 1.82) is 0 Å². The van der Waals surface area contributed by atoms with Crippen LogP contribution in [0.25, 0.3) is 22.0 Å². The molecular formula is C21H21F2N5O2. The highest BCUT2D eigenvalue weighted by Gasteiger charge is 2.73. The van der Waals surface area contributed by atoms with Gasteiger partial charge in [-0.2, -0.15) is 5.10 Å². The zero-order chi connectivity index (χ0) is 21.1. The molecule has 7 nitrogen and oxygen atoms in total. The SMILES string of the molecule is Cn1cc(-c2cc(C(N)=O)nc3cc(CN4CCOC5(C4)CC5(F)F)ccc23)cn1. The third-order valence-electron chi connectivity index (χ3n) is 5.86. The molecule has 3 aromatic rings. The molecule has 1 amide bonds. The van der Waals surface area contributed by atoms with Crippen molar-refractivity contribution in [2.24, 2.45) is 12.8 Å². The van der Waals surface area contributed by atoms with Crippen LogP contribution in [-0.2, 0) is 18.3 Å². The second-order valence-corrected chi connectivity index (χ2v) is 8.11. The first-order valence-corrected chi connectivity index (χ1v) is 9.73. The van der Waals surface area contributed by atoms with Gasteiger partial charge in [-0.3, -0.25) is 14.4 Å². The van der Waals surface area contributed by atoms with Crippen molar-refractivity contribution in [2.45, 2.75) is 24.5 Å². The molecule has 1 saturated heterocycles. The molecule has 9 heteroatoms. The van der Waals surface area contributed by atoms with Crippen LogP contribution in [0.15, 0.2) is 36.7 Å².